The number of hydrogen-bond acceptors (Lipinski definition) is 3. The second kappa shape index (κ2) is 2.52. The van der Waals surface area contributed by atoms with E-state index < -0.39 is 11.5 Å². The molecule has 2 rings (SSSR count). The number of aliphatic hydroxyl groups is 1. The summed E-state index contributed by atoms with van der Waals surface area (Å²) in [6, 6.07) is 1.69. The lowest BCUT2D eigenvalue weighted by Gasteiger charge is -2.14. The van der Waals surface area contributed by atoms with Gasteiger partial charge in [0.1, 0.15) is 5.82 Å². The van der Waals surface area contributed by atoms with Crippen LogP contribution in [0.3, 0.4) is 0 Å². The monoisotopic (exact) mass is 242 g/mol. The maximum Gasteiger partial charge on any atom is 0.262 e. The number of rotatable bonds is 0. The Morgan fingerprint density at radius 3 is 3.00 bits per heavy atom. The molecular formula is C8H7BrN2O2. The van der Waals surface area contributed by atoms with E-state index in [1.165, 1.54) is 6.92 Å². The number of carbonyl (C=O) groups excluding carboxylic acids is 1. The van der Waals surface area contributed by atoms with Crippen molar-refractivity contribution in [2.75, 3.05) is 5.32 Å². The van der Waals surface area contributed by atoms with Crippen molar-refractivity contribution in [3.05, 3.63) is 22.3 Å². The van der Waals surface area contributed by atoms with Gasteiger partial charge in [0.15, 0.2) is 5.60 Å². The molecule has 1 amide bonds. The topological polar surface area (TPSA) is 62.2 Å². The van der Waals surface area contributed by atoms with Crippen LogP contribution in [0, 0.1) is 0 Å². The lowest BCUT2D eigenvalue weighted by Crippen LogP contribution is -2.30. The van der Waals surface area contributed by atoms with E-state index in [0.29, 0.717) is 15.9 Å². The molecule has 0 spiro atoms. The lowest BCUT2D eigenvalue weighted by atomic mass is 10.00. The van der Waals surface area contributed by atoms with Gasteiger partial charge in [0.25, 0.3) is 5.91 Å². The smallest absolute Gasteiger partial charge is 0.262 e. The lowest BCUT2D eigenvalue weighted by molar-refractivity contribution is -0.131. The average Bonchev–Trinajstić information content (AvgIpc) is 2.24. The first-order valence-corrected chi connectivity index (χ1v) is 4.51. The van der Waals surface area contributed by atoms with Crippen LogP contribution in [0.4, 0.5) is 5.82 Å². The predicted molar refractivity (Wildman–Crippen MR) is 50.1 cm³/mol. The highest BCUT2D eigenvalue weighted by Gasteiger charge is 2.43. The van der Waals surface area contributed by atoms with Gasteiger partial charge in [-0.05, 0) is 13.0 Å². The fourth-order valence-corrected chi connectivity index (χ4v) is 2.03. The predicted octanol–water partition coefficient (Wildman–Crippen LogP) is 1.00. The van der Waals surface area contributed by atoms with Gasteiger partial charge in [-0.25, -0.2) is 4.98 Å². The van der Waals surface area contributed by atoms with Crippen molar-refractivity contribution in [3.63, 3.8) is 0 Å². The van der Waals surface area contributed by atoms with Crippen LogP contribution in [-0.4, -0.2) is 16.0 Å². The van der Waals surface area contributed by atoms with Crippen molar-refractivity contribution in [2.24, 2.45) is 0 Å². The van der Waals surface area contributed by atoms with E-state index >= 15 is 0 Å². The van der Waals surface area contributed by atoms with Crippen molar-refractivity contribution in [1.29, 1.82) is 0 Å². The second-order valence-corrected chi connectivity index (χ2v) is 3.90. The molecule has 0 aromatic carbocycles. The minimum atomic E-state index is -1.48. The van der Waals surface area contributed by atoms with E-state index in [1.54, 1.807) is 12.3 Å². The number of nitrogens with zero attached hydrogens (tertiary/aromatic N) is 1. The third-order valence-corrected chi connectivity index (χ3v) is 2.72. The van der Waals surface area contributed by atoms with E-state index in [4.69, 9.17) is 0 Å². The molecule has 13 heavy (non-hydrogen) atoms. The van der Waals surface area contributed by atoms with Gasteiger partial charge in [0.2, 0.25) is 0 Å². The zero-order chi connectivity index (χ0) is 9.64. The summed E-state index contributed by atoms with van der Waals surface area (Å²) in [5, 5.41) is 12.3. The number of amides is 1. The van der Waals surface area contributed by atoms with Crippen molar-refractivity contribution in [1.82, 2.24) is 4.98 Å². The fourth-order valence-electron chi connectivity index (χ4n) is 1.34. The highest BCUT2D eigenvalue weighted by Crippen LogP contribution is 2.38. The van der Waals surface area contributed by atoms with E-state index in [1.807, 2.05) is 0 Å². The first-order valence-electron chi connectivity index (χ1n) is 3.72. The number of halogens is 1. The van der Waals surface area contributed by atoms with Crippen molar-refractivity contribution in [3.8, 4) is 0 Å². The van der Waals surface area contributed by atoms with Crippen LogP contribution in [0.5, 0.6) is 0 Å². The average molecular weight is 243 g/mol. The van der Waals surface area contributed by atoms with Gasteiger partial charge >= 0.3 is 0 Å². The Morgan fingerprint density at radius 2 is 2.38 bits per heavy atom. The molecule has 4 nitrogen and oxygen atoms in total. The molecule has 1 aromatic rings. The third-order valence-electron chi connectivity index (χ3n) is 2.06. The Bertz CT molecular complexity index is 390. The number of nitrogens with one attached hydrogen (secondary N) is 1. The largest absolute Gasteiger partial charge is 0.375 e. The van der Waals surface area contributed by atoms with Crippen LogP contribution >= 0.6 is 15.9 Å². The van der Waals surface area contributed by atoms with Gasteiger partial charge in [0.05, 0.1) is 0 Å². The van der Waals surface area contributed by atoms with Gasteiger partial charge in [-0.2, -0.15) is 0 Å². The summed E-state index contributed by atoms with van der Waals surface area (Å²) in [5.74, 6) is -0.0220. The molecule has 0 saturated carbocycles. The zero-order valence-corrected chi connectivity index (χ0v) is 8.42. The quantitative estimate of drug-likeness (QED) is 0.714. The van der Waals surface area contributed by atoms with Gasteiger partial charge in [0, 0.05) is 16.2 Å². The Balaban J connectivity index is 2.70. The minimum Gasteiger partial charge on any atom is -0.375 e. The SMILES string of the molecule is C[C@]1(O)C(=O)Nc2nccc(Br)c21. The molecule has 5 heteroatoms. The van der Waals surface area contributed by atoms with Gasteiger partial charge in [-0.15, -0.1) is 0 Å². The molecular weight excluding hydrogens is 236 g/mol. The molecule has 2 heterocycles. The molecule has 1 aromatic heterocycles. The Hall–Kier alpha value is -0.940. The molecule has 68 valence electrons. The number of pyridine rings is 1. The molecule has 0 radical (unpaired) electrons. The summed E-state index contributed by atoms with van der Waals surface area (Å²) in [5.41, 5.74) is -0.984. The molecule has 1 aliphatic heterocycles. The number of fused-ring (bicyclic) bond motifs is 1. The summed E-state index contributed by atoms with van der Waals surface area (Å²) in [4.78, 5) is 15.2. The zero-order valence-electron chi connectivity index (χ0n) is 6.84. The van der Waals surface area contributed by atoms with E-state index in [0.717, 1.165) is 0 Å². The van der Waals surface area contributed by atoms with Gasteiger partial charge in [-0.3, -0.25) is 4.79 Å². The second-order valence-electron chi connectivity index (χ2n) is 3.04. The van der Waals surface area contributed by atoms with Crippen molar-refractivity contribution < 1.29 is 9.90 Å². The Kier molecular flexibility index (Phi) is 1.68. The molecule has 0 fully saturated rings. The Morgan fingerprint density at radius 1 is 1.69 bits per heavy atom. The van der Waals surface area contributed by atoms with Crippen LogP contribution in [-0.2, 0) is 10.4 Å². The van der Waals surface area contributed by atoms with E-state index in [9.17, 15) is 9.90 Å². The first-order chi connectivity index (χ1) is 6.03. The summed E-state index contributed by atoms with van der Waals surface area (Å²) < 4.78 is 0.681. The molecule has 0 bridgehead atoms. The van der Waals surface area contributed by atoms with E-state index in [-0.39, 0.29) is 0 Å². The van der Waals surface area contributed by atoms with Crippen molar-refractivity contribution in [2.45, 2.75) is 12.5 Å². The molecule has 1 aliphatic rings. The summed E-state index contributed by atoms with van der Waals surface area (Å²) in [6.07, 6.45) is 1.56. The standard InChI is InChI=1S/C8H7BrN2O2/c1-8(13)5-4(9)2-3-10-6(5)11-7(8)12/h2-3,13H,1H3,(H,10,11,12)/t8-/m1/s1. The summed E-state index contributed by atoms with van der Waals surface area (Å²) in [7, 11) is 0. The maximum atomic E-state index is 11.3. The maximum absolute atomic E-state index is 11.3. The van der Waals surface area contributed by atoms with Crippen LogP contribution in [0.1, 0.15) is 12.5 Å². The molecule has 1 atom stereocenters. The molecule has 0 saturated heterocycles. The summed E-state index contributed by atoms with van der Waals surface area (Å²) in [6.45, 7) is 1.45. The number of aromatic nitrogens is 1. The molecule has 0 aliphatic carbocycles. The van der Waals surface area contributed by atoms with E-state index in [2.05, 4.69) is 26.2 Å². The van der Waals surface area contributed by atoms with Gasteiger partial charge in [-0.1, -0.05) is 15.9 Å². The van der Waals surface area contributed by atoms with Crippen molar-refractivity contribution >= 4 is 27.7 Å². The summed E-state index contributed by atoms with van der Waals surface area (Å²) >= 11 is 3.26. The third kappa shape index (κ3) is 1.08. The highest BCUT2D eigenvalue weighted by molar-refractivity contribution is 9.10. The number of carbonyl (C=O) groups is 1. The van der Waals surface area contributed by atoms with Crippen LogP contribution in [0.2, 0.25) is 0 Å². The fraction of sp³-hybridized carbons (Fsp3) is 0.250. The van der Waals surface area contributed by atoms with Crippen LogP contribution < -0.4 is 5.32 Å². The first kappa shape index (κ1) is 8.65. The molecule has 0 unspecified atom stereocenters. The molecule has 2 N–H and O–H groups in total. The highest BCUT2D eigenvalue weighted by atomic mass is 79.9. The number of anilines is 1. The Labute approximate surface area is 83.1 Å². The van der Waals surface area contributed by atoms with Crippen LogP contribution in [0.25, 0.3) is 0 Å². The van der Waals surface area contributed by atoms with Crippen LogP contribution in [0.15, 0.2) is 16.7 Å². The normalized spacial score (nSPS) is 25.6. The minimum absolute atomic E-state index is 0.421. The number of hydrogen-bond donors (Lipinski definition) is 2. The van der Waals surface area contributed by atoms with Gasteiger partial charge < -0.3 is 10.4 Å².